The van der Waals surface area contributed by atoms with Crippen molar-refractivity contribution in [2.75, 3.05) is 13.1 Å². The lowest BCUT2D eigenvalue weighted by molar-refractivity contribution is -0.665. The first-order valence-electron chi connectivity index (χ1n) is 7.61. The SMILES string of the molecule is CC(C)(OC(=O)C(=O)Cc1ccccc1)C1CC[NH2+]CC1. The van der Waals surface area contributed by atoms with Crippen molar-refractivity contribution in [3.05, 3.63) is 35.9 Å². The Kier molecular flexibility index (Phi) is 5.12. The van der Waals surface area contributed by atoms with Gasteiger partial charge in [-0.25, -0.2) is 4.79 Å². The molecule has 1 aliphatic heterocycles. The third-order valence-corrected chi connectivity index (χ3v) is 4.21. The number of carbonyl (C=O) groups excluding carboxylic acids is 2. The van der Waals surface area contributed by atoms with E-state index in [0.717, 1.165) is 31.5 Å². The Bertz CT molecular complexity index is 490. The van der Waals surface area contributed by atoms with Gasteiger partial charge in [0.05, 0.1) is 13.1 Å². The van der Waals surface area contributed by atoms with Gasteiger partial charge >= 0.3 is 5.97 Å². The number of hydrogen-bond donors (Lipinski definition) is 1. The highest BCUT2D eigenvalue weighted by Crippen LogP contribution is 2.28. The molecule has 2 N–H and O–H groups in total. The van der Waals surface area contributed by atoms with Gasteiger partial charge in [0.1, 0.15) is 5.60 Å². The third kappa shape index (κ3) is 4.39. The number of benzene rings is 1. The Balaban J connectivity index is 1.91. The number of rotatable bonds is 5. The minimum absolute atomic E-state index is 0.105. The van der Waals surface area contributed by atoms with Crippen molar-refractivity contribution in [3.8, 4) is 0 Å². The van der Waals surface area contributed by atoms with Crippen LogP contribution in [0, 0.1) is 5.92 Å². The van der Waals surface area contributed by atoms with Crippen molar-refractivity contribution in [2.24, 2.45) is 5.92 Å². The molecule has 1 aromatic rings. The van der Waals surface area contributed by atoms with Crippen LogP contribution in [0.25, 0.3) is 0 Å². The van der Waals surface area contributed by atoms with Gasteiger partial charge in [0, 0.05) is 25.2 Å². The number of ketones is 1. The smallest absolute Gasteiger partial charge is 0.375 e. The van der Waals surface area contributed by atoms with Crippen molar-refractivity contribution < 1.29 is 19.6 Å². The van der Waals surface area contributed by atoms with Crippen LogP contribution in [0.1, 0.15) is 32.3 Å². The second kappa shape index (κ2) is 6.85. The van der Waals surface area contributed by atoms with Crippen LogP contribution in [-0.4, -0.2) is 30.4 Å². The fourth-order valence-electron chi connectivity index (χ4n) is 2.85. The summed E-state index contributed by atoms with van der Waals surface area (Å²) in [5, 5.41) is 2.27. The van der Waals surface area contributed by atoms with Crippen molar-refractivity contribution in [1.29, 1.82) is 0 Å². The molecule has 114 valence electrons. The molecule has 1 heterocycles. The van der Waals surface area contributed by atoms with Gasteiger partial charge < -0.3 is 10.1 Å². The molecule has 21 heavy (non-hydrogen) atoms. The lowest BCUT2D eigenvalue weighted by Crippen LogP contribution is -2.86. The lowest BCUT2D eigenvalue weighted by Gasteiger charge is -2.35. The van der Waals surface area contributed by atoms with Crippen molar-refractivity contribution >= 4 is 11.8 Å². The average molecular weight is 290 g/mol. The first-order chi connectivity index (χ1) is 9.99. The normalized spacial score (nSPS) is 16.5. The van der Waals surface area contributed by atoms with E-state index in [1.165, 1.54) is 0 Å². The van der Waals surface area contributed by atoms with Crippen LogP contribution in [0.15, 0.2) is 30.3 Å². The van der Waals surface area contributed by atoms with E-state index in [4.69, 9.17) is 4.74 Å². The van der Waals surface area contributed by atoms with Crippen molar-refractivity contribution in [2.45, 2.75) is 38.7 Å². The molecule has 0 saturated carbocycles. The molecular formula is C17H24NO3+. The Hall–Kier alpha value is -1.68. The number of carbonyl (C=O) groups is 2. The van der Waals surface area contributed by atoms with Crippen LogP contribution >= 0.6 is 0 Å². The summed E-state index contributed by atoms with van der Waals surface area (Å²) in [6, 6.07) is 9.28. The zero-order chi connectivity index (χ0) is 15.3. The van der Waals surface area contributed by atoms with Gasteiger partial charge in [-0.05, 0) is 19.4 Å². The molecule has 0 radical (unpaired) electrons. The second-order valence-corrected chi connectivity index (χ2v) is 6.22. The van der Waals surface area contributed by atoms with Crippen LogP contribution in [-0.2, 0) is 20.7 Å². The quantitative estimate of drug-likeness (QED) is 0.652. The fraction of sp³-hybridized carbons (Fsp3) is 0.529. The monoisotopic (exact) mass is 290 g/mol. The first-order valence-corrected chi connectivity index (χ1v) is 7.61. The molecular weight excluding hydrogens is 266 g/mol. The van der Waals surface area contributed by atoms with Crippen LogP contribution in [0.3, 0.4) is 0 Å². The maximum atomic E-state index is 12.0. The number of hydrogen-bond acceptors (Lipinski definition) is 3. The molecule has 0 aliphatic carbocycles. The topological polar surface area (TPSA) is 60.0 Å². The molecule has 0 unspecified atom stereocenters. The van der Waals surface area contributed by atoms with E-state index < -0.39 is 17.4 Å². The Morgan fingerprint density at radius 2 is 1.81 bits per heavy atom. The molecule has 0 aromatic heterocycles. The van der Waals surface area contributed by atoms with E-state index in [2.05, 4.69) is 5.32 Å². The summed E-state index contributed by atoms with van der Waals surface area (Å²) in [6.45, 7) is 5.95. The first kappa shape index (κ1) is 15.7. The summed E-state index contributed by atoms with van der Waals surface area (Å²) < 4.78 is 5.51. The summed E-state index contributed by atoms with van der Waals surface area (Å²) in [5.41, 5.74) is 0.266. The Morgan fingerprint density at radius 3 is 2.43 bits per heavy atom. The van der Waals surface area contributed by atoms with Crippen LogP contribution < -0.4 is 5.32 Å². The minimum atomic E-state index is -0.710. The fourth-order valence-corrected chi connectivity index (χ4v) is 2.85. The largest absolute Gasteiger partial charge is 0.454 e. The van der Waals surface area contributed by atoms with Crippen LogP contribution in [0.2, 0.25) is 0 Å². The highest BCUT2D eigenvalue weighted by molar-refractivity contribution is 6.34. The number of Topliss-reactive ketones (excluding diaryl/α,β-unsaturated/α-hetero) is 1. The Labute approximate surface area is 125 Å². The van der Waals surface area contributed by atoms with Gasteiger partial charge in [0.15, 0.2) is 0 Å². The highest BCUT2D eigenvalue weighted by Gasteiger charge is 2.36. The van der Waals surface area contributed by atoms with E-state index in [1.807, 2.05) is 44.2 Å². The van der Waals surface area contributed by atoms with Crippen molar-refractivity contribution in [1.82, 2.24) is 0 Å². The molecule has 2 rings (SSSR count). The summed E-state index contributed by atoms with van der Waals surface area (Å²) in [4.78, 5) is 24.0. The molecule has 1 fully saturated rings. The number of quaternary nitrogens is 1. The lowest BCUT2D eigenvalue weighted by atomic mass is 9.83. The van der Waals surface area contributed by atoms with Gasteiger partial charge in [0.2, 0.25) is 5.78 Å². The molecule has 0 bridgehead atoms. The molecule has 4 nitrogen and oxygen atoms in total. The standard InChI is InChI=1S/C17H23NO3/c1-17(2,14-8-10-18-11-9-14)21-16(20)15(19)12-13-6-4-3-5-7-13/h3-7,14,18H,8-12H2,1-2H3/p+1. The number of piperidine rings is 1. The number of esters is 1. The predicted molar refractivity (Wildman–Crippen MR) is 79.7 cm³/mol. The number of nitrogens with two attached hydrogens (primary N) is 1. The zero-order valence-electron chi connectivity index (χ0n) is 12.8. The van der Waals surface area contributed by atoms with Gasteiger partial charge in [0.25, 0.3) is 0 Å². The molecule has 1 aromatic carbocycles. The van der Waals surface area contributed by atoms with E-state index in [1.54, 1.807) is 0 Å². The van der Waals surface area contributed by atoms with Crippen molar-refractivity contribution in [3.63, 3.8) is 0 Å². The van der Waals surface area contributed by atoms with E-state index in [9.17, 15) is 9.59 Å². The maximum Gasteiger partial charge on any atom is 0.375 e. The second-order valence-electron chi connectivity index (χ2n) is 6.22. The minimum Gasteiger partial charge on any atom is -0.454 e. The van der Waals surface area contributed by atoms with Gasteiger partial charge in [-0.15, -0.1) is 0 Å². The summed E-state index contributed by atoms with van der Waals surface area (Å²) in [5.74, 6) is -0.856. The summed E-state index contributed by atoms with van der Waals surface area (Å²) in [6.07, 6.45) is 2.15. The highest BCUT2D eigenvalue weighted by atomic mass is 16.6. The Morgan fingerprint density at radius 1 is 1.19 bits per heavy atom. The van der Waals surface area contributed by atoms with Gasteiger partial charge in [-0.2, -0.15) is 0 Å². The van der Waals surface area contributed by atoms with Crippen LogP contribution in [0.5, 0.6) is 0 Å². The summed E-state index contributed by atoms with van der Waals surface area (Å²) >= 11 is 0. The van der Waals surface area contributed by atoms with Gasteiger partial charge in [-0.3, -0.25) is 4.79 Å². The zero-order valence-corrected chi connectivity index (χ0v) is 12.8. The molecule has 0 atom stereocenters. The summed E-state index contributed by atoms with van der Waals surface area (Å²) in [7, 11) is 0. The molecule has 1 aliphatic rings. The predicted octanol–water partition coefficient (Wildman–Crippen LogP) is 1.09. The number of ether oxygens (including phenoxy) is 1. The average Bonchev–Trinajstić information content (AvgIpc) is 2.48. The molecule has 0 amide bonds. The molecule has 4 heteroatoms. The molecule has 0 spiro atoms. The van der Waals surface area contributed by atoms with E-state index in [-0.39, 0.29) is 6.42 Å². The third-order valence-electron chi connectivity index (χ3n) is 4.21. The molecule has 1 saturated heterocycles. The van der Waals surface area contributed by atoms with E-state index >= 15 is 0 Å². The maximum absolute atomic E-state index is 12.0. The van der Waals surface area contributed by atoms with E-state index in [0.29, 0.717) is 5.92 Å². The van der Waals surface area contributed by atoms with Gasteiger partial charge in [-0.1, -0.05) is 30.3 Å². The van der Waals surface area contributed by atoms with Crippen LogP contribution in [0.4, 0.5) is 0 Å².